The lowest BCUT2D eigenvalue weighted by Gasteiger charge is -2.36. The summed E-state index contributed by atoms with van der Waals surface area (Å²) in [6, 6.07) is 0.487. The fraction of sp³-hybridized carbons (Fsp3) is 0.917. The van der Waals surface area contributed by atoms with E-state index in [-0.39, 0.29) is 6.04 Å². The molecule has 0 aromatic carbocycles. The zero-order chi connectivity index (χ0) is 11.0. The molecular formula is C12H22N2O. The van der Waals surface area contributed by atoms with E-state index in [0.29, 0.717) is 23.8 Å². The van der Waals surface area contributed by atoms with Gasteiger partial charge < -0.3 is 10.6 Å². The summed E-state index contributed by atoms with van der Waals surface area (Å²) in [6.45, 7) is 2.15. The molecule has 15 heavy (non-hydrogen) atoms. The Labute approximate surface area is 92.0 Å². The Hall–Kier alpha value is -0.570. The van der Waals surface area contributed by atoms with Crippen LogP contribution in [0.1, 0.15) is 39.0 Å². The van der Waals surface area contributed by atoms with Gasteiger partial charge in [0.05, 0.1) is 0 Å². The van der Waals surface area contributed by atoms with Crippen molar-refractivity contribution in [1.29, 1.82) is 0 Å². The first-order valence-corrected chi connectivity index (χ1v) is 6.13. The third-order valence-corrected chi connectivity index (χ3v) is 4.05. The minimum atomic E-state index is 0.196. The normalized spacial score (nSPS) is 39.9. The summed E-state index contributed by atoms with van der Waals surface area (Å²) in [6.07, 6.45) is 5.67. The van der Waals surface area contributed by atoms with Gasteiger partial charge in [0.1, 0.15) is 0 Å². The summed E-state index contributed by atoms with van der Waals surface area (Å²) < 4.78 is 0. The lowest BCUT2D eigenvalue weighted by atomic mass is 9.90. The second kappa shape index (κ2) is 4.12. The van der Waals surface area contributed by atoms with Crippen molar-refractivity contribution in [3.8, 4) is 0 Å². The number of hydrogen-bond acceptors (Lipinski definition) is 2. The Morgan fingerprint density at radius 1 is 1.33 bits per heavy atom. The van der Waals surface area contributed by atoms with E-state index >= 15 is 0 Å². The highest BCUT2D eigenvalue weighted by atomic mass is 16.2. The Morgan fingerprint density at radius 3 is 2.47 bits per heavy atom. The molecule has 1 amide bonds. The number of nitrogens with two attached hydrogens (primary N) is 1. The van der Waals surface area contributed by atoms with Crippen LogP contribution in [-0.2, 0) is 4.79 Å². The monoisotopic (exact) mass is 210 g/mol. The van der Waals surface area contributed by atoms with Crippen molar-refractivity contribution in [1.82, 2.24) is 4.90 Å². The molecule has 4 unspecified atom stereocenters. The molecule has 0 aromatic rings. The largest absolute Gasteiger partial charge is 0.341 e. The zero-order valence-corrected chi connectivity index (χ0v) is 9.78. The van der Waals surface area contributed by atoms with Gasteiger partial charge in [0, 0.05) is 25.0 Å². The molecule has 0 aromatic heterocycles. The average molecular weight is 210 g/mol. The molecule has 2 aliphatic carbocycles. The van der Waals surface area contributed by atoms with Crippen LogP contribution in [0.3, 0.4) is 0 Å². The van der Waals surface area contributed by atoms with Crippen molar-refractivity contribution >= 4 is 5.91 Å². The average Bonchev–Trinajstić information content (AvgIpc) is 2.94. The molecule has 3 heteroatoms. The maximum absolute atomic E-state index is 12.0. The van der Waals surface area contributed by atoms with Crippen LogP contribution in [0.25, 0.3) is 0 Å². The zero-order valence-electron chi connectivity index (χ0n) is 9.78. The third kappa shape index (κ3) is 2.17. The number of amides is 1. The molecule has 0 radical (unpaired) electrons. The highest BCUT2D eigenvalue weighted by molar-refractivity contribution is 5.81. The van der Waals surface area contributed by atoms with Crippen molar-refractivity contribution in [3.63, 3.8) is 0 Å². The molecule has 2 rings (SSSR count). The molecule has 4 atom stereocenters. The predicted octanol–water partition coefficient (Wildman–Crippen LogP) is 1.37. The van der Waals surface area contributed by atoms with Gasteiger partial charge in [-0.15, -0.1) is 0 Å². The first-order chi connectivity index (χ1) is 7.11. The smallest absolute Gasteiger partial charge is 0.226 e. The maximum atomic E-state index is 12.0. The van der Waals surface area contributed by atoms with Crippen LogP contribution in [0.4, 0.5) is 0 Å². The number of rotatable bonds is 2. The van der Waals surface area contributed by atoms with Gasteiger partial charge in [-0.25, -0.2) is 0 Å². The molecule has 2 aliphatic rings. The van der Waals surface area contributed by atoms with E-state index in [2.05, 4.69) is 6.92 Å². The molecule has 2 fully saturated rings. The van der Waals surface area contributed by atoms with Crippen molar-refractivity contribution in [2.75, 3.05) is 7.05 Å². The van der Waals surface area contributed by atoms with E-state index in [1.165, 1.54) is 12.8 Å². The summed E-state index contributed by atoms with van der Waals surface area (Å²) in [5, 5.41) is 0. The van der Waals surface area contributed by atoms with Crippen LogP contribution in [0.2, 0.25) is 0 Å². The fourth-order valence-electron chi connectivity index (χ4n) is 2.71. The summed E-state index contributed by atoms with van der Waals surface area (Å²) in [5.41, 5.74) is 6.08. The van der Waals surface area contributed by atoms with Crippen LogP contribution in [-0.4, -0.2) is 29.9 Å². The highest BCUT2D eigenvalue weighted by Gasteiger charge is 2.42. The SMILES string of the molecule is CC1CC1C(=O)N(C)C1CCCCC1N. The second-order valence-corrected chi connectivity index (χ2v) is 5.28. The number of carbonyl (C=O) groups is 1. The lowest BCUT2D eigenvalue weighted by Crippen LogP contribution is -2.50. The van der Waals surface area contributed by atoms with Gasteiger partial charge in [-0.3, -0.25) is 4.79 Å². The van der Waals surface area contributed by atoms with Gasteiger partial charge in [0.15, 0.2) is 0 Å². The van der Waals surface area contributed by atoms with Crippen LogP contribution in [0, 0.1) is 11.8 Å². The first-order valence-electron chi connectivity index (χ1n) is 6.13. The van der Waals surface area contributed by atoms with E-state index in [0.717, 1.165) is 19.3 Å². The van der Waals surface area contributed by atoms with Crippen LogP contribution in [0.15, 0.2) is 0 Å². The lowest BCUT2D eigenvalue weighted by molar-refractivity contribution is -0.134. The van der Waals surface area contributed by atoms with Gasteiger partial charge >= 0.3 is 0 Å². The van der Waals surface area contributed by atoms with E-state index in [1.807, 2.05) is 11.9 Å². The molecular weight excluding hydrogens is 188 g/mol. The standard InChI is InChI=1S/C12H22N2O/c1-8-7-9(8)12(15)14(2)11-6-4-3-5-10(11)13/h8-11H,3-7,13H2,1-2H3. The minimum Gasteiger partial charge on any atom is -0.341 e. The Kier molecular flexibility index (Phi) is 3.01. The molecule has 0 bridgehead atoms. The summed E-state index contributed by atoms with van der Waals surface area (Å²) in [4.78, 5) is 14.0. The summed E-state index contributed by atoms with van der Waals surface area (Å²) in [5.74, 6) is 1.22. The molecule has 0 aliphatic heterocycles. The maximum Gasteiger partial charge on any atom is 0.226 e. The number of carbonyl (C=O) groups excluding carboxylic acids is 1. The molecule has 0 heterocycles. The van der Waals surface area contributed by atoms with Crippen LogP contribution >= 0.6 is 0 Å². The van der Waals surface area contributed by atoms with Gasteiger partial charge in [-0.05, 0) is 25.2 Å². The number of hydrogen-bond donors (Lipinski definition) is 1. The topological polar surface area (TPSA) is 46.3 Å². The van der Waals surface area contributed by atoms with Crippen molar-refractivity contribution in [2.45, 2.75) is 51.1 Å². The molecule has 86 valence electrons. The minimum absolute atomic E-state index is 0.196. The van der Waals surface area contributed by atoms with Crippen molar-refractivity contribution < 1.29 is 4.79 Å². The summed E-state index contributed by atoms with van der Waals surface area (Å²) >= 11 is 0. The van der Waals surface area contributed by atoms with E-state index in [4.69, 9.17) is 5.73 Å². The van der Waals surface area contributed by atoms with Gasteiger partial charge in [0.25, 0.3) is 0 Å². The molecule has 2 N–H and O–H groups in total. The number of nitrogens with zero attached hydrogens (tertiary/aromatic N) is 1. The van der Waals surface area contributed by atoms with Gasteiger partial charge in [0.2, 0.25) is 5.91 Å². The fourth-order valence-corrected chi connectivity index (χ4v) is 2.71. The van der Waals surface area contributed by atoms with Crippen molar-refractivity contribution in [3.05, 3.63) is 0 Å². The Morgan fingerprint density at radius 2 is 1.93 bits per heavy atom. The van der Waals surface area contributed by atoms with Gasteiger partial charge in [-0.2, -0.15) is 0 Å². The van der Waals surface area contributed by atoms with E-state index in [9.17, 15) is 4.79 Å². The molecule has 3 nitrogen and oxygen atoms in total. The Bertz CT molecular complexity index is 254. The number of likely N-dealkylation sites (N-methyl/N-ethyl adjacent to an activating group) is 1. The van der Waals surface area contributed by atoms with E-state index < -0.39 is 0 Å². The first kappa shape index (κ1) is 10.9. The quantitative estimate of drug-likeness (QED) is 0.748. The van der Waals surface area contributed by atoms with E-state index in [1.54, 1.807) is 0 Å². The highest BCUT2D eigenvalue weighted by Crippen LogP contribution is 2.39. The molecule has 0 spiro atoms. The predicted molar refractivity (Wildman–Crippen MR) is 60.3 cm³/mol. The summed E-state index contributed by atoms with van der Waals surface area (Å²) in [7, 11) is 1.93. The second-order valence-electron chi connectivity index (χ2n) is 5.28. The van der Waals surface area contributed by atoms with Crippen LogP contribution < -0.4 is 5.73 Å². The third-order valence-electron chi connectivity index (χ3n) is 4.05. The van der Waals surface area contributed by atoms with Gasteiger partial charge in [-0.1, -0.05) is 19.8 Å². The van der Waals surface area contributed by atoms with Crippen molar-refractivity contribution in [2.24, 2.45) is 17.6 Å². The molecule has 0 saturated heterocycles. The Balaban J connectivity index is 1.93. The van der Waals surface area contributed by atoms with Crippen LogP contribution in [0.5, 0.6) is 0 Å². The molecule has 2 saturated carbocycles.